The first-order valence-electron chi connectivity index (χ1n) is 8.10. The fraction of sp³-hybridized carbons (Fsp3) is 0.211. The molecule has 1 saturated heterocycles. The summed E-state index contributed by atoms with van der Waals surface area (Å²) in [4.78, 5) is 26.9. The Kier molecular flexibility index (Phi) is 6.27. The maximum Gasteiger partial charge on any atom is 0.248 e. The highest BCUT2D eigenvalue weighted by Gasteiger charge is 2.34. The van der Waals surface area contributed by atoms with Crippen LogP contribution in [0.3, 0.4) is 0 Å². The first kappa shape index (κ1) is 19.6. The maximum atomic E-state index is 12.7. The Balaban J connectivity index is 1.67. The minimum atomic E-state index is -0.552. The highest BCUT2D eigenvalue weighted by Crippen LogP contribution is 2.26. The molecule has 0 bridgehead atoms. The molecule has 2 amide bonds. The van der Waals surface area contributed by atoms with Crippen LogP contribution < -0.4 is 5.32 Å². The second-order valence-electron chi connectivity index (χ2n) is 5.97. The van der Waals surface area contributed by atoms with Crippen molar-refractivity contribution in [2.24, 2.45) is 0 Å². The third-order valence-electron chi connectivity index (χ3n) is 4.14. The summed E-state index contributed by atoms with van der Waals surface area (Å²) in [5.74, 6) is 0.571. The number of amides is 2. The molecule has 3 rings (SSSR count). The van der Waals surface area contributed by atoms with Gasteiger partial charge in [-0.05, 0) is 42.0 Å². The molecule has 138 valence electrons. The first-order chi connectivity index (χ1) is 13.0. The van der Waals surface area contributed by atoms with E-state index in [0.717, 1.165) is 0 Å². The third-order valence-corrected chi connectivity index (χ3v) is 5.74. The second kappa shape index (κ2) is 8.66. The molecule has 1 heterocycles. The number of hydrogen-bond acceptors (Lipinski definition) is 4. The number of thioether (sulfide) groups is 1. The molecule has 0 spiro atoms. The van der Waals surface area contributed by atoms with Gasteiger partial charge in [0.2, 0.25) is 11.8 Å². The summed E-state index contributed by atoms with van der Waals surface area (Å²) in [5.41, 5.74) is 1.78. The summed E-state index contributed by atoms with van der Waals surface area (Å²) in [7, 11) is 0. The number of hydrogen-bond donors (Lipinski definition) is 1. The van der Waals surface area contributed by atoms with Crippen LogP contribution in [-0.2, 0) is 16.0 Å². The quantitative estimate of drug-likeness (QED) is 0.813. The molecule has 0 radical (unpaired) electrons. The summed E-state index contributed by atoms with van der Waals surface area (Å²) in [6.07, 6.45) is 0.108. The SMILES string of the molecule is N#Cc1ccc(NC(=O)C2CSCN2C(=O)Cc2ccc(Cl)cc2Cl)cc1. The van der Waals surface area contributed by atoms with Crippen LogP contribution in [0.25, 0.3) is 0 Å². The second-order valence-corrected chi connectivity index (χ2v) is 7.81. The van der Waals surface area contributed by atoms with Gasteiger partial charge in [0.25, 0.3) is 0 Å². The van der Waals surface area contributed by atoms with Gasteiger partial charge in [0.1, 0.15) is 6.04 Å². The molecule has 2 aromatic rings. The molecule has 5 nitrogen and oxygen atoms in total. The molecule has 27 heavy (non-hydrogen) atoms. The van der Waals surface area contributed by atoms with Crippen molar-refractivity contribution in [2.45, 2.75) is 12.5 Å². The number of carbonyl (C=O) groups is 2. The lowest BCUT2D eigenvalue weighted by Gasteiger charge is -2.23. The third kappa shape index (κ3) is 4.75. The number of anilines is 1. The van der Waals surface area contributed by atoms with Crippen molar-refractivity contribution in [1.29, 1.82) is 5.26 Å². The Labute approximate surface area is 171 Å². The first-order valence-corrected chi connectivity index (χ1v) is 10.0. The number of benzene rings is 2. The summed E-state index contributed by atoms with van der Waals surface area (Å²) in [6.45, 7) is 0. The summed E-state index contributed by atoms with van der Waals surface area (Å²) >= 11 is 13.6. The molecule has 0 saturated carbocycles. The monoisotopic (exact) mass is 419 g/mol. The van der Waals surface area contributed by atoms with Crippen LogP contribution in [0.1, 0.15) is 11.1 Å². The minimum absolute atomic E-state index is 0.108. The smallest absolute Gasteiger partial charge is 0.248 e. The van der Waals surface area contributed by atoms with Crippen molar-refractivity contribution in [3.05, 3.63) is 63.6 Å². The normalized spacial score (nSPS) is 16.0. The van der Waals surface area contributed by atoms with Gasteiger partial charge in [-0.3, -0.25) is 9.59 Å². The predicted octanol–water partition coefficient (Wildman–Crippen LogP) is 3.95. The molecule has 8 heteroatoms. The Morgan fingerprint density at radius 1 is 1.22 bits per heavy atom. The van der Waals surface area contributed by atoms with Gasteiger partial charge in [0, 0.05) is 21.5 Å². The Morgan fingerprint density at radius 3 is 2.63 bits per heavy atom. The molecule has 1 atom stereocenters. The Hall–Kier alpha value is -2.20. The van der Waals surface area contributed by atoms with Crippen molar-refractivity contribution in [2.75, 3.05) is 16.9 Å². The fourth-order valence-electron chi connectivity index (χ4n) is 2.69. The van der Waals surface area contributed by atoms with Crippen LogP contribution in [0, 0.1) is 11.3 Å². The average molecular weight is 420 g/mol. The average Bonchev–Trinajstić information content (AvgIpc) is 3.15. The number of halogens is 2. The van der Waals surface area contributed by atoms with Crippen molar-refractivity contribution < 1.29 is 9.59 Å². The van der Waals surface area contributed by atoms with Gasteiger partial charge in [0.05, 0.1) is 23.9 Å². The van der Waals surface area contributed by atoms with Gasteiger partial charge < -0.3 is 10.2 Å². The van der Waals surface area contributed by atoms with Crippen molar-refractivity contribution >= 4 is 52.5 Å². The highest BCUT2D eigenvalue weighted by atomic mass is 35.5. The largest absolute Gasteiger partial charge is 0.324 e. The van der Waals surface area contributed by atoms with Crippen molar-refractivity contribution in [3.8, 4) is 6.07 Å². The van der Waals surface area contributed by atoms with Gasteiger partial charge in [-0.25, -0.2) is 0 Å². The number of carbonyl (C=O) groups excluding carboxylic acids is 2. The van der Waals surface area contributed by atoms with Gasteiger partial charge in [-0.15, -0.1) is 11.8 Å². The molecule has 1 N–H and O–H groups in total. The van der Waals surface area contributed by atoms with E-state index in [1.165, 1.54) is 11.8 Å². The maximum absolute atomic E-state index is 12.7. The van der Waals surface area contributed by atoms with E-state index in [4.69, 9.17) is 28.5 Å². The van der Waals surface area contributed by atoms with E-state index in [1.807, 2.05) is 6.07 Å². The van der Waals surface area contributed by atoms with E-state index < -0.39 is 6.04 Å². The summed E-state index contributed by atoms with van der Waals surface area (Å²) < 4.78 is 0. The summed E-state index contributed by atoms with van der Waals surface area (Å²) in [5, 5.41) is 12.6. The Bertz CT molecular complexity index is 912. The zero-order chi connectivity index (χ0) is 19.4. The molecule has 1 aliphatic rings. The van der Waals surface area contributed by atoms with Crippen LogP contribution in [0.2, 0.25) is 10.0 Å². The molecule has 2 aromatic carbocycles. The van der Waals surface area contributed by atoms with Crippen molar-refractivity contribution in [3.63, 3.8) is 0 Å². The van der Waals surface area contributed by atoms with Crippen LogP contribution >= 0.6 is 35.0 Å². The van der Waals surface area contributed by atoms with E-state index in [1.54, 1.807) is 47.4 Å². The predicted molar refractivity (Wildman–Crippen MR) is 108 cm³/mol. The van der Waals surface area contributed by atoms with Crippen LogP contribution in [0.5, 0.6) is 0 Å². The van der Waals surface area contributed by atoms with Crippen LogP contribution in [-0.4, -0.2) is 34.4 Å². The van der Waals surface area contributed by atoms with E-state index in [-0.39, 0.29) is 18.2 Å². The van der Waals surface area contributed by atoms with E-state index in [2.05, 4.69) is 5.32 Å². The zero-order valence-corrected chi connectivity index (χ0v) is 16.4. The molecule has 1 fully saturated rings. The highest BCUT2D eigenvalue weighted by molar-refractivity contribution is 7.99. The van der Waals surface area contributed by atoms with E-state index >= 15 is 0 Å². The topological polar surface area (TPSA) is 73.2 Å². The minimum Gasteiger partial charge on any atom is -0.324 e. The standard InChI is InChI=1S/C19H15Cl2N3O2S/c20-14-4-3-13(16(21)8-14)7-18(25)24-11-27-10-17(24)19(26)23-15-5-1-12(9-22)2-6-15/h1-6,8,17H,7,10-11H2,(H,23,26). The number of nitrogens with zero attached hydrogens (tertiary/aromatic N) is 2. The molecule has 1 unspecified atom stereocenters. The van der Waals surface area contributed by atoms with Gasteiger partial charge in [-0.2, -0.15) is 5.26 Å². The lowest BCUT2D eigenvalue weighted by atomic mass is 10.1. The van der Waals surface area contributed by atoms with Crippen LogP contribution in [0.4, 0.5) is 5.69 Å². The molecule has 1 aliphatic heterocycles. The molecule has 0 aromatic heterocycles. The molecular formula is C19H15Cl2N3O2S. The lowest BCUT2D eigenvalue weighted by Crippen LogP contribution is -2.45. The van der Waals surface area contributed by atoms with Gasteiger partial charge >= 0.3 is 0 Å². The van der Waals surface area contributed by atoms with Gasteiger partial charge in [0.15, 0.2) is 0 Å². The molecular weight excluding hydrogens is 405 g/mol. The number of rotatable bonds is 4. The lowest BCUT2D eigenvalue weighted by molar-refractivity contribution is -0.135. The molecule has 0 aliphatic carbocycles. The Morgan fingerprint density at radius 2 is 1.96 bits per heavy atom. The van der Waals surface area contributed by atoms with Gasteiger partial charge in [-0.1, -0.05) is 29.3 Å². The number of nitrogens with one attached hydrogen (secondary N) is 1. The fourth-order valence-corrected chi connectivity index (χ4v) is 4.34. The van der Waals surface area contributed by atoms with E-state index in [0.29, 0.717) is 38.5 Å². The van der Waals surface area contributed by atoms with E-state index in [9.17, 15) is 9.59 Å². The zero-order valence-electron chi connectivity index (χ0n) is 14.1. The van der Waals surface area contributed by atoms with Crippen LogP contribution in [0.15, 0.2) is 42.5 Å². The summed E-state index contributed by atoms with van der Waals surface area (Å²) in [6, 6.07) is 13.1. The number of nitriles is 1. The van der Waals surface area contributed by atoms with Crippen molar-refractivity contribution in [1.82, 2.24) is 4.90 Å².